The second-order valence-corrected chi connectivity index (χ2v) is 3.95. The zero-order chi connectivity index (χ0) is 13.1. The molecule has 0 unspecified atom stereocenters. The Balaban J connectivity index is 3.33. The van der Waals surface area contributed by atoms with Crippen LogP contribution in [-0.4, -0.2) is 16.6 Å². The van der Waals surface area contributed by atoms with Gasteiger partial charge < -0.3 is 9.72 Å². The minimum atomic E-state index is -0.827. The van der Waals surface area contributed by atoms with E-state index < -0.39 is 17.0 Å². The maximum absolute atomic E-state index is 13.2. The van der Waals surface area contributed by atoms with Crippen molar-refractivity contribution in [2.75, 3.05) is 6.61 Å². The van der Waals surface area contributed by atoms with E-state index in [0.717, 1.165) is 0 Å². The number of nitrogens with zero attached hydrogens (tertiary/aromatic N) is 1. The molecule has 17 heavy (non-hydrogen) atoms. The highest BCUT2D eigenvalue weighted by molar-refractivity contribution is 5.09. The molecule has 0 bridgehead atoms. The van der Waals surface area contributed by atoms with E-state index in [4.69, 9.17) is 4.74 Å². The van der Waals surface area contributed by atoms with E-state index in [1.54, 1.807) is 0 Å². The number of halogens is 1. The molecule has 0 spiro atoms. The lowest BCUT2D eigenvalue weighted by Gasteiger charge is -2.30. The molecule has 0 aliphatic rings. The van der Waals surface area contributed by atoms with Gasteiger partial charge in [-0.2, -0.15) is 4.39 Å². The molecule has 0 aliphatic carbocycles. The van der Waals surface area contributed by atoms with Crippen molar-refractivity contribution in [2.24, 2.45) is 0 Å². The first-order valence-corrected chi connectivity index (χ1v) is 5.91. The van der Waals surface area contributed by atoms with Crippen LogP contribution in [0.3, 0.4) is 0 Å². The van der Waals surface area contributed by atoms with E-state index >= 15 is 0 Å². The lowest BCUT2D eigenvalue weighted by atomic mass is 9.95. The van der Waals surface area contributed by atoms with Gasteiger partial charge in [0.1, 0.15) is 11.4 Å². The third-order valence-corrected chi connectivity index (χ3v) is 3.02. The lowest BCUT2D eigenvalue weighted by Crippen LogP contribution is -2.34. The Kier molecular flexibility index (Phi) is 4.40. The first kappa shape index (κ1) is 13.8. The summed E-state index contributed by atoms with van der Waals surface area (Å²) in [5, 5.41) is 0. The van der Waals surface area contributed by atoms with Crippen molar-refractivity contribution >= 4 is 0 Å². The Hall–Kier alpha value is -1.23. The van der Waals surface area contributed by atoms with Crippen LogP contribution < -0.4 is 5.56 Å². The summed E-state index contributed by atoms with van der Waals surface area (Å²) in [6.07, 6.45) is 1.34. The van der Waals surface area contributed by atoms with E-state index in [2.05, 4.69) is 9.97 Å². The number of nitrogens with one attached hydrogen (secondary N) is 1. The Morgan fingerprint density at radius 3 is 2.35 bits per heavy atom. The number of aromatic amines is 1. The van der Waals surface area contributed by atoms with Crippen LogP contribution in [0.5, 0.6) is 0 Å². The summed E-state index contributed by atoms with van der Waals surface area (Å²) in [6.45, 7) is 7.79. The second kappa shape index (κ2) is 5.40. The average molecular weight is 242 g/mol. The first-order chi connectivity index (χ1) is 8.00. The van der Waals surface area contributed by atoms with Crippen LogP contribution in [-0.2, 0) is 10.3 Å². The number of aromatic nitrogens is 2. The molecule has 1 aromatic heterocycles. The molecule has 4 nitrogen and oxygen atoms in total. The Morgan fingerprint density at radius 1 is 1.35 bits per heavy atom. The van der Waals surface area contributed by atoms with Crippen LogP contribution in [0.2, 0.25) is 0 Å². The van der Waals surface area contributed by atoms with Gasteiger partial charge in [0.15, 0.2) is 0 Å². The molecule has 1 heterocycles. The molecule has 0 aliphatic heterocycles. The van der Waals surface area contributed by atoms with E-state index in [1.807, 2.05) is 20.8 Å². The first-order valence-electron chi connectivity index (χ1n) is 5.91. The fourth-order valence-electron chi connectivity index (χ4n) is 1.92. The maximum atomic E-state index is 13.2. The van der Waals surface area contributed by atoms with Gasteiger partial charge >= 0.3 is 0 Å². The zero-order valence-corrected chi connectivity index (χ0v) is 10.8. The molecular formula is C12H19FN2O2. The highest BCUT2D eigenvalue weighted by Gasteiger charge is 2.32. The fourth-order valence-corrected chi connectivity index (χ4v) is 1.92. The van der Waals surface area contributed by atoms with Gasteiger partial charge in [-0.3, -0.25) is 4.79 Å². The molecule has 0 saturated carbocycles. The van der Waals surface area contributed by atoms with Gasteiger partial charge in [0.05, 0.1) is 5.69 Å². The Labute approximate surface area is 100 Å². The smallest absolute Gasteiger partial charge is 0.287 e. The molecule has 1 rings (SSSR count). The normalized spacial score (nSPS) is 11.8. The number of aryl methyl sites for hydroxylation is 1. The molecule has 96 valence electrons. The van der Waals surface area contributed by atoms with Gasteiger partial charge in [0.2, 0.25) is 5.82 Å². The quantitative estimate of drug-likeness (QED) is 0.861. The molecule has 0 atom stereocenters. The van der Waals surface area contributed by atoms with Crippen molar-refractivity contribution in [3.63, 3.8) is 0 Å². The summed E-state index contributed by atoms with van der Waals surface area (Å²) in [6, 6.07) is 0. The molecule has 0 saturated heterocycles. The van der Waals surface area contributed by atoms with Gasteiger partial charge in [0.25, 0.3) is 5.56 Å². The molecular weight excluding hydrogens is 223 g/mol. The fraction of sp³-hybridized carbons (Fsp3) is 0.667. The Bertz CT molecular complexity index is 439. The van der Waals surface area contributed by atoms with E-state index in [-0.39, 0.29) is 5.69 Å². The van der Waals surface area contributed by atoms with Crippen LogP contribution in [0.25, 0.3) is 0 Å². The minimum absolute atomic E-state index is 0.106. The summed E-state index contributed by atoms with van der Waals surface area (Å²) in [7, 11) is 0. The van der Waals surface area contributed by atoms with Gasteiger partial charge in [-0.25, -0.2) is 4.98 Å². The number of H-pyrrole nitrogens is 1. The number of hydrogen-bond donors (Lipinski definition) is 1. The van der Waals surface area contributed by atoms with E-state index in [0.29, 0.717) is 25.3 Å². The average Bonchev–Trinajstić information content (AvgIpc) is 2.32. The SMILES string of the molecule is CCOC(CC)(CC)c1nc(C)c(F)c(=O)[nH]1. The van der Waals surface area contributed by atoms with Crippen molar-refractivity contribution in [3.05, 3.63) is 27.7 Å². The number of rotatable bonds is 5. The van der Waals surface area contributed by atoms with Crippen molar-refractivity contribution in [1.29, 1.82) is 0 Å². The van der Waals surface area contributed by atoms with Gasteiger partial charge in [-0.15, -0.1) is 0 Å². The molecule has 0 radical (unpaired) electrons. The maximum Gasteiger partial charge on any atom is 0.287 e. The van der Waals surface area contributed by atoms with Gasteiger partial charge in [0, 0.05) is 6.61 Å². The molecule has 0 fully saturated rings. The topological polar surface area (TPSA) is 55.0 Å². The molecule has 0 amide bonds. The molecule has 1 aromatic rings. The molecule has 1 N–H and O–H groups in total. The monoisotopic (exact) mass is 242 g/mol. The third-order valence-electron chi connectivity index (χ3n) is 3.02. The third kappa shape index (κ3) is 2.54. The predicted molar refractivity (Wildman–Crippen MR) is 63.4 cm³/mol. The van der Waals surface area contributed by atoms with Crippen molar-refractivity contribution in [2.45, 2.75) is 46.1 Å². The van der Waals surface area contributed by atoms with Crippen molar-refractivity contribution in [1.82, 2.24) is 9.97 Å². The summed E-state index contributed by atoms with van der Waals surface area (Å²) in [5.74, 6) is -0.417. The summed E-state index contributed by atoms with van der Waals surface area (Å²) in [5.41, 5.74) is -1.26. The lowest BCUT2D eigenvalue weighted by molar-refractivity contribution is -0.0575. The van der Waals surface area contributed by atoms with Crippen molar-refractivity contribution in [3.8, 4) is 0 Å². The molecule has 0 aromatic carbocycles. The highest BCUT2D eigenvalue weighted by Crippen LogP contribution is 2.30. The highest BCUT2D eigenvalue weighted by atomic mass is 19.1. The van der Waals surface area contributed by atoms with Crippen LogP contribution in [0.4, 0.5) is 4.39 Å². The zero-order valence-electron chi connectivity index (χ0n) is 10.8. The van der Waals surface area contributed by atoms with Crippen LogP contribution in [0.15, 0.2) is 4.79 Å². The van der Waals surface area contributed by atoms with Crippen LogP contribution >= 0.6 is 0 Å². The largest absolute Gasteiger partial charge is 0.367 e. The number of ether oxygens (including phenoxy) is 1. The van der Waals surface area contributed by atoms with Crippen LogP contribution in [0, 0.1) is 12.7 Å². The minimum Gasteiger partial charge on any atom is -0.367 e. The summed E-state index contributed by atoms with van der Waals surface area (Å²) in [4.78, 5) is 18.0. The summed E-state index contributed by atoms with van der Waals surface area (Å²) < 4.78 is 19.0. The van der Waals surface area contributed by atoms with Crippen molar-refractivity contribution < 1.29 is 9.13 Å². The van der Waals surface area contributed by atoms with E-state index in [1.165, 1.54) is 6.92 Å². The van der Waals surface area contributed by atoms with Crippen LogP contribution in [0.1, 0.15) is 45.1 Å². The molecule has 5 heteroatoms. The standard InChI is InChI=1S/C12H19FN2O2/c1-5-12(6-2,17-7-3)11-14-8(4)9(13)10(16)15-11/h5-7H2,1-4H3,(H,14,15,16). The second-order valence-electron chi connectivity index (χ2n) is 3.95. The van der Waals surface area contributed by atoms with Gasteiger partial charge in [-0.05, 0) is 26.7 Å². The predicted octanol–water partition coefficient (Wildman–Crippen LogP) is 2.27. The number of hydrogen-bond acceptors (Lipinski definition) is 3. The Morgan fingerprint density at radius 2 is 1.94 bits per heavy atom. The van der Waals surface area contributed by atoms with Gasteiger partial charge in [-0.1, -0.05) is 13.8 Å². The van der Waals surface area contributed by atoms with E-state index in [9.17, 15) is 9.18 Å². The summed E-state index contributed by atoms with van der Waals surface area (Å²) >= 11 is 0.